The van der Waals surface area contributed by atoms with Gasteiger partial charge in [-0.15, -0.1) is 10.2 Å². The molecule has 2 aromatic heterocycles. The first-order valence-corrected chi connectivity index (χ1v) is 9.42. The summed E-state index contributed by atoms with van der Waals surface area (Å²) in [5.41, 5.74) is 2.80. The minimum absolute atomic E-state index is 0.0506. The summed E-state index contributed by atoms with van der Waals surface area (Å²) in [6.45, 7) is 2.02. The number of carbonyl (C=O) groups excluding carboxylic acids is 1. The van der Waals surface area contributed by atoms with E-state index < -0.39 is 4.92 Å². The lowest BCUT2D eigenvalue weighted by molar-refractivity contribution is -0.383. The third-order valence-corrected chi connectivity index (χ3v) is 5.21. The van der Waals surface area contributed by atoms with Gasteiger partial charge < -0.3 is 5.32 Å². The van der Waals surface area contributed by atoms with Crippen LogP contribution in [0.3, 0.4) is 0 Å². The molecule has 0 bridgehead atoms. The normalized spacial score (nSPS) is 11.0. The third kappa shape index (κ3) is 3.27. The number of anilines is 1. The van der Waals surface area contributed by atoms with Gasteiger partial charge in [-0.05, 0) is 30.7 Å². The maximum absolute atomic E-state index is 12.3. The van der Waals surface area contributed by atoms with E-state index in [0.29, 0.717) is 10.8 Å². The van der Waals surface area contributed by atoms with Gasteiger partial charge in [0.25, 0.3) is 5.69 Å². The van der Waals surface area contributed by atoms with Crippen molar-refractivity contribution in [2.24, 2.45) is 0 Å². The molecule has 0 saturated carbocycles. The number of nitro benzene ring substituents is 1. The predicted octanol–water partition coefficient (Wildman–Crippen LogP) is 3.83. The number of carbonyl (C=O) groups is 1. The van der Waals surface area contributed by atoms with Crippen molar-refractivity contribution in [1.82, 2.24) is 14.6 Å². The van der Waals surface area contributed by atoms with E-state index in [-0.39, 0.29) is 23.0 Å². The van der Waals surface area contributed by atoms with Crippen LogP contribution < -0.4 is 5.32 Å². The van der Waals surface area contributed by atoms with E-state index in [1.54, 1.807) is 12.1 Å². The van der Waals surface area contributed by atoms with Crippen LogP contribution in [0.25, 0.3) is 16.6 Å². The molecule has 0 radical (unpaired) electrons. The Morgan fingerprint density at radius 3 is 2.75 bits per heavy atom. The third-order valence-electron chi connectivity index (χ3n) is 4.28. The molecule has 0 spiro atoms. The van der Waals surface area contributed by atoms with Crippen LogP contribution in [-0.4, -0.2) is 31.2 Å². The summed E-state index contributed by atoms with van der Waals surface area (Å²) >= 11 is 1.23. The van der Waals surface area contributed by atoms with Gasteiger partial charge in [-0.1, -0.05) is 42.1 Å². The highest BCUT2D eigenvalue weighted by Crippen LogP contribution is 2.27. The molecule has 9 heteroatoms. The molecule has 0 atom stereocenters. The number of rotatable bonds is 5. The maximum Gasteiger partial charge on any atom is 0.292 e. The van der Waals surface area contributed by atoms with Gasteiger partial charge in [-0.3, -0.25) is 19.3 Å². The van der Waals surface area contributed by atoms with Crippen LogP contribution in [0.2, 0.25) is 0 Å². The van der Waals surface area contributed by atoms with Gasteiger partial charge in [0, 0.05) is 11.5 Å². The Labute approximate surface area is 163 Å². The second-order valence-electron chi connectivity index (χ2n) is 6.13. The number of hydrogen-bond donors (Lipinski definition) is 1. The molecule has 1 amide bonds. The molecule has 0 saturated heterocycles. The molecule has 4 aromatic rings. The summed E-state index contributed by atoms with van der Waals surface area (Å²) in [6.07, 6.45) is 0. The van der Waals surface area contributed by atoms with Crippen LogP contribution in [0.4, 0.5) is 11.4 Å². The molecule has 140 valence electrons. The molecule has 2 aromatic carbocycles. The number of pyridine rings is 1. The Morgan fingerprint density at radius 2 is 1.93 bits per heavy atom. The summed E-state index contributed by atoms with van der Waals surface area (Å²) < 4.78 is 1.91. The van der Waals surface area contributed by atoms with Crippen molar-refractivity contribution in [3.8, 4) is 0 Å². The maximum atomic E-state index is 12.3. The van der Waals surface area contributed by atoms with E-state index in [4.69, 9.17) is 0 Å². The van der Waals surface area contributed by atoms with Crippen molar-refractivity contribution in [1.29, 1.82) is 0 Å². The van der Waals surface area contributed by atoms with E-state index in [9.17, 15) is 14.9 Å². The minimum atomic E-state index is -0.525. The van der Waals surface area contributed by atoms with Gasteiger partial charge in [0.1, 0.15) is 5.69 Å². The largest absolute Gasteiger partial charge is 0.320 e. The molecule has 2 heterocycles. The number of para-hydroxylation sites is 3. The highest BCUT2D eigenvalue weighted by Gasteiger charge is 2.16. The van der Waals surface area contributed by atoms with Crippen molar-refractivity contribution < 1.29 is 9.72 Å². The summed E-state index contributed by atoms with van der Waals surface area (Å²) in [4.78, 5) is 22.9. The number of aromatic nitrogens is 3. The number of nitro groups is 1. The van der Waals surface area contributed by atoms with Gasteiger partial charge in [0.15, 0.2) is 10.8 Å². The van der Waals surface area contributed by atoms with Crippen molar-refractivity contribution in [2.45, 2.75) is 12.1 Å². The summed E-state index contributed by atoms with van der Waals surface area (Å²) in [6, 6.07) is 15.9. The number of nitrogens with one attached hydrogen (secondary N) is 1. The molecular weight excluding hydrogens is 378 g/mol. The molecule has 8 nitrogen and oxygen atoms in total. The van der Waals surface area contributed by atoms with Crippen LogP contribution in [0, 0.1) is 17.0 Å². The fraction of sp³-hybridized carbons (Fsp3) is 0.105. The number of fused-ring (bicyclic) bond motifs is 3. The zero-order valence-corrected chi connectivity index (χ0v) is 15.6. The highest BCUT2D eigenvalue weighted by atomic mass is 32.2. The topological polar surface area (TPSA) is 102 Å². The standard InChI is InChI=1S/C19H15N5O3S/c1-12-10-17-21-22-19(23(17)15-8-4-2-6-13(12)15)28-11-18(25)20-14-7-3-5-9-16(14)24(26)27/h2-10H,11H2,1H3,(H,20,25). The van der Waals surface area contributed by atoms with Crippen LogP contribution in [0.15, 0.2) is 59.8 Å². The fourth-order valence-electron chi connectivity index (χ4n) is 3.02. The Kier molecular flexibility index (Phi) is 4.66. The number of benzene rings is 2. The zero-order valence-electron chi connectivity index (χ0n) is 14.8. The van der Waals surface area contributed by atoms with Gasteiger partial charge in [0.05, 0.1) is 16.2 Å². The highest BCUT2D eigenvalue weighted by molar-refractivity contribution is 7.99. The van der Waals surface area contributed by atoms with E-state index in [0.717, 1.165) is 16.5 Å². The van der Waals surface area contributed by atoms with Crippen molar-refractivity contribution >= 4 is 45.6 Å². The monoisotopic (exact) mass is 393 g/mol. The molecule has 0 aliphatic rings. The van der Waals surface area contributed by atoms with Crippen LogP contribution in [-0.2, 0) is 4.79 Å². The lowest BCUT2D eigenvalue weighted by Gasteiger charge is -2.08. The predicted molar refractivity (Wildman–Crippen MR) is 108 cm³/mol. The van der Waals surface area contributed by atoms with Gasteiger partial charge in [-0.25, -0.2) is 0 Å². The molecular formula is C19H15N5O3S. The molecule has 0 unspecified atom stereocenters. The quantitative estimate of drug-likeness (QED) is 0.314. The number of amides is 1. The van der Waals surface area contributed by atoms with Gasteiger partial charge in [0.2, 0.25) is 5.91 Å². The zero-order chi connectivity index (χ0) is 19.7. The Bertz CT molecular complexity index is 1220. The van der Waals surface area contributed by atoms with Crippen molar-refractivity contribution in [3.63, 3.8) is 0 Å². The molecule has 0 fully saturated rings. The lowest BCUT2D eigenvalue weighted by Crippen LogP contribution is -2.15. The number of hydrogen-bond acceptors (Lipinski definition) is 6. The first kappa shape index (κ1) is 17.9. The van der Waals surface area contributed by atoms with Crippen molar-refractivity contribution in [3.05, 3.63) is 70.3 Å². The van der Waals surface area contributed by atoms with E-state index >= 15 is 0 Å². The van der Waals surface area contributed by atoms with Crippen LogP contribution in [0.5, 0.6) is 0 Å². The molecule has 4 rings (SSSR count). The Hall–Kier alpha value is -3.46. The lowest BCUT2D eigenvalue weighted by atomic mass is 10.1. The number of thioether (sulfide) groups is 1. The Morgan fingerprint density at radius 1 is 1.18 bits per heavy atom. The second-order valence-corrected chi connectivity index (χ2v) is 7.07. The van der Waals surface area contributed by atoms with E-state index in [1.165, 1.54) is 23.9 Å². The summed E-state index contributed by atoms with van der Waals surface area (Å²) in [7, 11) is 0. The minimum Gasteiger partial charge on any atom is -0.320 e. The Balaban J connectivity index is 1.58. The van der Waals surface area contributed by atoms with Crippen LogP contribution >= 0.6 is 11.8 Å². The van der Waals surface area contributed by atoms with Crippen molar-refractivity contribution in [2.75, 3.05) is 11.1 Å². The summed E-state index contributed by atoms with van der Waals surface area (Å²) in [5.74, 6) is -0.304. The van der Waals surface area contributed by atoms with Crippen LogP contribution in [0.1, 0.15) is 5.56 Å². The second kappa shape index (κ2) is 7.28. The average Bonchev–Trinajstić information content (AvgIpc) is 3.10. The smallest absolute Gasteiger partial charge is 0.292 e. The molecule has 0 aliphatic heterocycles. The van der Waals surface area contributed by atoms with E-state index in [1.807, 2.05) is 41.7 Å². The van der Waals surface area contributed by atoms with Gasteiger partial charge >= 0.3 is 0 Å². The SMILES string of the molecule is Cc1cc2nnc(SCC(=O)Nc3ccccc3[N+](=O)[O-])n2c2ccccc12. The number of aryl methyl sites for hydroxylation is 1. The first-order chi connectivity index (χ1) is 13.5. The summed E-state index contributed by atoms with van der Waals surface area (Å²) in [5, 5.41) is 23.7. The van der Waals surface area contributed by atoms with E-state index in [2.05, 4.69) is 15.5 Å². The fourth-order valence-corrected chi connectivity index (χ4v) is 3.78. The molecule has 28 heavy (non-hydrogen) atoms. The molecule has 0 aliphatic carbocycles. The number of nitrogens with zero attached hydrogens (tertiary/aromatic N) is 4. The van der Waals surface area contributed by atoms with Gasteiger partial charge in [-0.2, -0.15) is 0 Å². The average molecular weight is 393 g/mol. The first-order valence-electron chi connectivity index (χ1n) is 8.44. The molecule has 1 N–H and O–H groups in total.